The largest absolute Gasteiger partial charge is 0.457 e. The zero-order chi connectivity index (χ0) is 26.4. The van der Waals surface area contributed by atoms with Gasteiger partial charge in [-0.1, -0.05) is 18.2 Å². The minimum absolute atomic E-state index is 0.296. The lowest BCUT2D eigenvalue weighted by molar-refractivity contribution is -0.133. The van der Waals surface area contributed by atoms with Crippen molar-refractivity contribution in [1.82, 2.24) is 19.7 Å². The Morgan fingerprint density at radius 2 is 1.74 bits per heavy atom. The third-order valence-electron chi connectivity index (χ3n) is 8.05. The van der Waals surface area contributed by atoms with Crippen molar-refractivity contribution in [3.8, 4) is 22.6 Å². The van der Waals surface area contributed by atoms with E-state index in [4.69, 9.17) is 16.2 Å². The van der Waals surface area contributed by atoms with E-state index in [1.165, 1.54) is 0 Å². The van der Waals surface area contributed by atoms with Gasteiger partial charge in [-0.3, -0.25) is 19.3 Å². The Morgan fingerprint density at radius 1 is 1.00 bits per heavy atom. The quantitative estimate of drug-likeness (QED) is 0.366. The van der Waals surface area contributed by atoms with Gasteiger partial charge in [0.25, 0.3) is 0 Å². The van der Waals surface area contributed by atoms with Gasteiger partial charge in [-0.25, -0.2) is 0 Å². The number of benzene rings is 2. The molecule has 0 radical (unpaired) electrons. The van der Waals surface area contributed by atoms with Crippen LogP contribution in [0, 0.1) is 5.41 Å². The summed E-state index contributed by atoms with van der Waals surface area (Å²) in [6, 6.07) is 15.7. The number of nitrogens with two attached hydrogens (primary N) is 2. The van der Waals surface area contributed by atoms with Crippen molar-refractivity contribution < 1.29 is 14.3 Å². The minimum atomic E-state index is -1.29. The molecule has 9 heteroatoms. The molecule has 194 valence electrons. The first-order chi connectivity index (χ1) is 18.3. The number of piperidine rings is 1. The predicted octanol–water partition coefficient (Wildman–Crippen LogP) is 3.60. The van der Waals surface area contributed by atoms with E-state index < -0.39 is 17.2 Å². The van der Waals surface area contributed by atoms with Gasteiger partial charge in [-0.2, -0.15) is 5.10 Å². The van der Waals surface area contributed by atoms with Crippen LogP contribution >= 0.6 is 0 Å². The van der Waals surface area contributed by atoms with Gasteiger partial charge in [0.15, 0.2) is 0 Å². The molecular formula is C29H30N6O3. The molecule has 2 amide bonds. The highest BCUT2D eigenvalue weighted by molar-refractivity contribution is 6.08. The number of carbonyl (C=O) groups is 2. The van der Waals surface area contributed by atoms with Gasteiger partial charge in [0.2, 0.25) is 11.8 Å². The molecular weight excluding hydrogens is 480 g/mol. The van der Waals surface area contributed by atoms with E-state index in [0.29, 0.717) is 24.0 Å². The summed E-state index contributed by atoms with van der Waals surface area (Å²) in [5.41, 5.74) is 13.4. The molecule has 3 heterocycles. The van der Waals surface area contributed by atoms with Gasteiger partial charge < -0.3 is 21.1 Å². The lowest BCUT2D eigenvalue weighted by atomic mass is 9.97. The summed E-state index contributed by atoms with van der Waals surface area (Å²) in [5, 5.41) is 5.54. The van der Waals surface area contributed by atoms with Gasteiger partial charge in [0.05, 0.1) is 17.8 Å². The van der Waals surface area contributed by atoms with Crippen molar-refractivity contribution in [3.63, 3.8) is 0 Å². The van der Waals surface area contributed by atoms with Crippen molar-refractivity contribution in [2.24, 2.45) is 16.9 Å². The number of pyridine rings is 1. The third-order valence-corrected chi connectivity index (χ3v) is 8.05. The first-order valence-corrected chi connectivity index (χ1v) is 12.8. The van der Waals surface area contributed by atoms with Gasteiger partial charge >= 0.3 is 0 Å². The predicted molar refractivity (Wildman–Crippen MR) is 143 cm³/mol. The summed E-state index contributed by atoms with van der Waals surface area (Å²) in [6.45, 7) is 2.18. The Hall–Kier alpha value is -4.24. The molecule has 1 aliphatic heterocycles. The van der Waals surface area contributed by atoms with Crippen LogP contribution in [0.25, 0.3) is 22.0 Å². The molecule has 2 aliphatic rings. The molecule has 38 heavy (non-hydrogen) atoms. The molecule has 0 spiro atoms. The first-order valence-electron chi connectivity index (χ1n) is 12.8. The Labute approximate surface area is 220 Å². The van der Waals surface area contributed by atoms with Crippen molar-refractivity contribution in [1.29, 1.82) is 0 Å². The Bertz CT molecular complexity index is 1510. The number of hydrogen-bond acceptors (Lipinski definition) is 6. The fourth-order valence-electron chi connectivity index (χ4n) is 5.56. The summed E-state index contributed by atoms with van der Waals surface area (Å²) in [7, 11) is 2.16. The molecule has 1 aliphatic carbocycles. The Kier molecular flexibility index (Phi) is 5.87. The number of amides is 2. The van der Waals surface area contributed by atoms with Crippen LogP contribution in [0.3, 0.4) is 0 Å². The lowest BCUT2D eigenvalue weighted by Crippen LogP contribution is -2.38. The maximum atomic E-state index is 11.8. The summed E-state index contributed by atoms with van der Waals surface area (Å²) in [5.74, 6) is -0.324. The number of aromatic nitrogens is 3. The van der Waals surface area contributed by atoms with Crippen LogP contribution < -0.4 is 16.2 Å². The van der Waals surface area contributed by atoms with E-state index in [1.54, 1.807) is 6.20 Å². The average Bonchev–Trinajstić information content (AvgIpc) is 3.51. The molecule has 2 aromatic heterocycles. The van der Waals surface area contributed by atoms with Gasteiger partial charge in [0.1, 0.15) is 16.9 Å². The summed E-state index contributed by atoms with van der Waals surface area (Å²) in [4.78, 5) is 30.6. The smallest absolute Gasteiger partial charge is 0.233 e. The van der Waals surface area contributed by atoms with Crippen LogP contribution in [0.1, 0.15) is 36.8 Å². The number of nitrogens with zero attached hydrogens (tertiary/aromatic N) is 4. The number of hydrogen-bond donors (Lipinski definition) is 2. The third kappa shape index (κ3) is 4.18. The fourth-order valence-corrected chi connectivity index (χ4v) is 5.56. The van der Waals surface area contributed by atoms with Crippen LogP contribution in [0.2, 0.25) is 0 Å². The number of likely N-dealkylation sites (tertiary alicyclic amines) is 1. The number of fused-ring (bicyclic) bond motifs is 1. The van der Waals surface area contributed by atoms with E-state index in [9.17, 15) is 9.59 Å². The minimum Gasteiger partial charge on any atom is -0.457 e. The highest BCUT2D eigenvalue weighted by Crippen LogP contribution is 2.59. The topological polar surface area (TPSA) is 129 Å². The number of ether oxygens (including phenoxy) is 1. The molecule has 6 rings (SSSR count). The molecule has 1 saturated heterocycles. The summed E-state index contributed by atoms with van der Waals surface area (Å²) in [6.07, 6.45) is 8.34. The standard InChI is InChI=1S/C29H30N6O3/c1-34-12-9-21(10-13-34)35-17-20(16-33-35)19-4-7-23-25(14-19)32-11-8-26(23)38-22-5-2-18(3-6-22)24-15-29(24,27(30)36)28(31)37/h2-8,11,14,16-17,21,24H,9-10,12-13,15H2,1H3,(H2,30,36)(H2,31,37). The summed E-state index contributed by atoms with van der Waals surface area (Å²) < 4.78 is 8.29. The van der Waals surface area contributed by atoms with Crippen molar-refractivity contribution >= 4 is 22.7 Å². The maximum absolute atomic E-state index is 11.8. The first kappa shape index (κ1) is 24.1. The second kappa shape index (κ2) is 9.25. The Balaban J connectivity index is 1.19. The van der Waals surface area contributed by atoms with E-state index in [2.05, 4.69) is 45.0 Å². The van der Waals surface area contributed by atoms with Gasteiger partial charge in [-0.05, 0) is 80.9 Å². The molecule has 2 fully saturated rings. The number of carbonyl (C=O) groups excluding carboxylic acids is 2. The average molecular weight is 511 g/mol. The zero-order valence-corrected chi connectivity index (χ0v) is 21.2. The second-order valence-corrected chi connectivity index (χ2v) is 10.4. The highest BCUT2D eigenvalue weighted by atomic mass is 16.5. The van der Waals surface area contributed by atoms with Crippen LogP contribution in [0.4, 0.5) is 0 Å². The van der Waals surface area contributed by atoms with Crippen molar-refractivity contribution in [2.75, 3.05) is 20.1 Å². The monoisotopic (exact) mass is 510 g/mol. The van der Waals surface area contributed by atoms with Crippen molar-refractivity contribution in [2.45, 2.75) is 31.2 Å². The molecule has 0 bridgehead atoms. The molecule has 9 nitrogen and oxygen atoms in total. The molecule has 1 atom stereocenters. The molecule has 1 saturated carbocycles. The van der Waals surface area contributed by atoms with Crippen LogP contribution in [-0.2, 0) is 9.59 Å². The lowest BCUT2D eigenvalue weighted by Gasteiger charge is -2.28. The van der Waals surface area contributed by atoms with E-state index in [0.717, 1.165) is 53.5 Å². The molecule has 4 N–H and O–H groups in total. The molecule has 4 aromatic rings. The maximum Gasteiger partial charge on any atom is 0.233 e. The Morgan fingerprint density at radius 3 is 2.42 bits per heavy atom. The molecule has 2 aromatic carbocycles. The van der Waals surface area contributed by atoms with Gasteiger partial charge in [-0.15, -0.1) is 0 Å². The van der Waals surface area contributed by atoms with E-state index >= 15 is 0 Å². The van der Waals surface area contributed by atoms with Crippen molar-refractivity contribution in [3.05, 3.63) is 72.7 Å². The summed E-state index contributed by atoms with van der Waals surface area (Å²) >= 11 is 0. The number of rotatable bonds is 7. The SMILES string of the molecule is CN1CCC(n2cc(-c3ccc4c(Oc5ccc(C6CC6(C(N)=O)C(N)=O)cc5)ccnc4c3)cn2)CC1. The second-order valence-electron chi connectivity index (χ2n) is 10.4. The fraction of sp³-hybridized carbons (Fsp3) is 0.310. The van der Waals surface area contributed by atoms with Crippen LogP contribution in [0.5, 0.6) is 11.5 Å². The highest BCUT2D eigenvalue weighted by Gasteiger charge is 2.64. The number of primary amides is 2. The normalized spacial score (nSPS) is 19.3. The zero-order valence-electron chi connectivity index (χ0n) is 21.2. The van der Waals surface area contributed by atoms with Crippen LogP contribution in [-0.4, -0.2) is 51.6 Å². The van der Waals surface area contributed by atoms with E-state index in [-0.39, 0.29) is 5.92 Å². The van der Waals surface area contributed by atoms with Crippen LogP contribution in [0.15, 0.2) is 67.1 Å². The van der Waals surface area contributed by atoms with Gasteiger partial charge in [0, 0.05) is 29.3 Å². The van der Waals surface area contributed by atoms with E-state index in [1.807, 2.05) is 42.6 Å². The molecule has 1 unspecified atom stereocenters.